The minimum absolute atomic E-state index is 0.0605. The highest BCUT2D eigenvalue weighted by Crippen LogP contribution is 2.26. The number of carbonyl (C=O) groups excluding carboxylic acids is 1. The number of rotatable bonds is 5. The van der Waals surface area contributed by atoms with Gasteiger partial charge in [-0.1, -0.05) is 30.3 Å². The lowest BCUT2D eigenvalue weighted by molar-refractivity contribution is -0.120. The van der Waals surface area contributed by atoms with E-state index in [4.69, 9.17) is 4.74 Å². The Kier molecular flexibility index (Phi) is 4.55. The van der Waals surface area contributed by atoms with Crippen LogP contribution in [0.15, 0.2) is 48.8 Å². The lowest BCUT2D eigenvalue weighted by atomic mass is 9.92. The van der Waals surface area contributed by atoms with E-state index in [1.54, 1.807) is 31.3 Å². The zero-order valence-electron chi connectivity index (χ0n) is 12.0. The van der Waals surface area contributed by atoms with E-state index in [9.17, 15) is 9.90 Å². The molecule has 0 aliphatic rings. The minimum atomic E-state index is -1.24. The van der Waals surface area contributed by atoms with E-state index in [1.165, 1.54) is 13.3 Å². The molecule has 1 unspecified atom stereocenters. The number of hydrogen-bond donors (Lipinski definition) is 2. The van der Waals surface area contributed by atoms with Crippen molar-refractivity contribution in [3.05, 3.63) is 54.4 Å². The van der Waals surface area contributed by atoms with Crippen molar-refractivity contribution in [2.45, 2.75) is 18.9 Å². The van der Waals surface area contributed by atoms with E-state index >= 15 is 0 Å². The summed E-state index contributed by atoms with van der Waals surface area (Å²) in [6.45, 7) is 1.61. The van der Waals surface area contributed by atoms with Crippen molar-refractivity contribution in [2.24, 2.45) is 0 Å². The molecule has 0 spiro atoms. The molecule has 2 rings (SSSR count). The van der Waals surface area contributed by atoms with E-state index < -0.39 is 5.60 Å². The predicted molar refractivity (Wildman–Crippen MR) is 80.0 cm³/mol. The van der Waals surface area contributed by atoms with E-state index in [2.05, 4.69) is 10.3 Å². The Hall–Kier alpha value is -2.40. The molecule has 2 N–H and O–H groups in total. The number of pyridine rings is 1. The van der Waals surface area contributed by atoms with Crippen LogP contribution in [0, 0.1) is 0 Å². The van der Waals surface area contributed by atoms with E-state index in [0.29, 0.717) is 17.0 Å². The number of hydrogen-bond acceptors (Lipinski definition) is 4. The molecule has 0 saturated carbocycles. The number of carbonyl (C=O) groups is 1. The molecule has 0 fully saturated rings. The zero-order valence-corrected chi connectivity index (χ0v) is 12.0. The van der Waals surface area contributed by atoms with Gasteiger partial charge in [0.05, 0.1) is 25.3 Å². The maximum Gasteiger partial charge on any atom is 0.227 e. The van der Waals surface area contributed by atoms with Gasteiger partial charge in [-0.15, -0.1) is 0 Å². The van der Waals surface area contributed by atoms with Gasteiger partial charge < -0.3 is 15.2 Å². The van der Waals surface area contributed by atoms with Crippen LogP contribution in [0.25, 0.3) is 0 Å². The summed E-state index contributed by atoms with van der Waals surface area (Å²) >= 11 is 0. The highest BCUT2D eigenvalue weighted by atomic mass is 16.5. The Morgan fingerprint density at radius 1 is 1.33 bits per heavy atom. The van der Waals surface area contributed by atoms with E-state index in [-0.39, 0.29) is 12.3 Å². The largest absolute Gasteiger partial charge is 0.494 e. The molecule has 0 radical (unpaired) electrons. The zero-order chi connectivity index (χ0) is 15.3. The van der Waals surface area contributed by atoms with Gasteiger partial charge in [0.1, 0.15) is 11.4 Å². The third-order valence-electron chi connectivity index (χ3n) is 3.18. The van der Waals surface area contributed by atoms with Gasteiger partial charge in [0.2, 0.25) is 5.91 Å². The Morgan fingerprint density at radius 3 is 2.71 bits per heavy atom. The van der Waals surface area contributed by atoms with Crippen molar-refractivity contribution in [2.75, 3.05) is 12.4 Å². The average Bonchev–Trinajstić information content (AvgIpc) is 2.48. The third-order valence-corrected chi connectivity index (χ3v) is 3.18. The Morgan fingerprint density at radius 2 is 2.05 bits per heavy atom. The van der Waals surface area contributed by atoms with Crippen LogP contribution < -0.4 is 10.1 Å². The fourth-order valence-corrected chi connectivity index (χ4v) is 2.06. The maximum absolute atomic E-state index is 12.1. The fraction of sp³-hybridized carbons (Fsp3) is 0.250. The van der Waals surface area contributed by atoms with Crippen LogP contribution in [0.3, 0.4) is 0 Å². The van der Waals surface area contributed by atoms with Crippen molar-refractivity contribution in [1.29, 1.82) is 0 Å². The molecule has 0 aliphatic carbocycles. The number of aromatic nitrogens is 1. The van der Waals surface area contributed by atoms with Gasteiger partial charge in [0.25, 0.3) is 0 Å². The molecule has 0 bridgehead atoms. The molecular weight excluding hydrogens is 268 g/mol. The first kappa shape index (κ1) is 15.0. The number of amides is 1. The van der Waals surface area contributed by atoms with Gasteiger partial charge in [0, 0.05) is 12.3 Å². The second-order valence-corrected chi connectivity index (χ2v) is 4.94. The molecular formula is C16H18N2O3. The van der Waals surface area contributed by atoms with Gasteiger partial charge >= 0.3 is 0 Å². The fourth-order valence-electron chi connectivity index (χ4n) is 2.06. The molecule has 5 heteroatoms. The van der Waals surface area contributed by atoms with Gasteiger partial charge in [-0.2, -0.15) is 0 Å². The second kappa shape index (κ2) is 6.37. The van der Waals surface area contributed by atoms with E-state index in [0.717, 1.165) is 0 Å². The van der Waals surface area contributed by atoms with E-state index in [1.807, 2.05) is 18.2 Å². The Balaban J connectivity index is 2.08. The van der Waals surface area contributed by atoms with Crippen LogP contribution in [-0.4, -0.2) is 23.1 Å². The standard InChI is InChI=1S/C16H18N2O3/c1-16(20,12-6-4-3-5-7-12)10-15(19)18-13-11-17-9-8-14(13)21-2/h3-9,11,20H,10H2,1-2H3,(H,18,19). The highest BCUT2D eigenvalue weighted by Gasteiger charge is 2.26. The molecule has 1 amide bonds. The summed E-state index contributed by atoms with van der Waals surface area (Å²) in [6.07, 6.45) is 3.03. The third kappa shape index (κ3) is 3.79. The summed E-state index contributed by atoms with van der Waals surface area (Å²) < 4.78 is 5.14. The van der Waals surface area contributed by atoms with Crippen LogP contribution >= 0.6 is 0 Å². The van der Waals surface area contributed by atoms with Crippen molar-refractivity contribution in [3.63, 3.8) is 0 Å². The van der Waals surface area contributed by atoms with Crippen LogP contribution in [0.4, 0.5) is 5.69 Å². The summed E-state index contributed by atoms with van der Waals surface area (Å²) in [5.74, 6) is 0.216. The molecule has 2 aromatic rings. The lowest BCUT2D eigenvalue weighted by Crippen LogP contribution is -2.28. The van der Waals surface area contributed by atoms with Gasteiger partial charge in [0.15, 0.2) is 0 Å². The van der Waals surface area contributed by atoms with Crippen LogP contribution in [0.5, 0.6) is 5.75 Å². The number of benzene rings is 1. The summed E-state index contributed by atoms with van der Waals surface area (Å²) in [7, 11) is 1.52. The number of methoxy groups -OCH3 is 1. The highest BCUT2D eigenvalue weighted by molar-refractivity contribution is 5.92. The van der Waals surface area contributed by atoms with Gasteiger partial charge in [-0.25, -0.2) is 0 Å². The Bertz CT molecular complexity index is 612. The van der Waals surface area contributed by atoms with Crippen LogP contribution in [0.1, 0.15) is 18.9 Å². The Labute approximate surface area is 123 Å². The molecule has 1 atom stereocenters. The summed E-state index contributed by atoms with van der Waals surface area (Å²) in [6, 6.07) is 10.7. The quantitative estimate of drug-likeness (QED) is 0.885. The summed E-state index contributed by atoms with van der Waals surface area (Å²) in [4.78, 5) is 16.1. The number of aliphatic hydroxyl groups is 1. The monoisotopic (exact) mass is 286 g/mol. The van der Waals surface area contributed by atoms with Gasteiger partial charge in [-0.3, -0.25) is 9.78 Å². The molecule has 5 nitrogen and oxygen atoms in total. The molecule has 21 heavy (non-hydrogen) atoms. The summed E-state index contributed by atoms with van der Waals surface area (Å²) in [5, 5.41) is 13.2. The predicted octanol–water partition coefficient (Wildman–Crippen LogP) is 2.33. The molecule has 0 aliphatic heterocycles. The molecule has 1 aromatic heterocycles. The van der Waals surface area contributed by atoms with Crippen molar-refractivity contribution >= 4 is 11.6 Å². The van der Waals surface area contributed by atoms with Crippen LogP contribution in [-0.2, 0) is 10.4 Å². The van der Waals surface area contributed by atoms with Gasteiger partial charge in [-0.05, 0) is 12.5 Å². The maximum atomic E-state index is 12.1. The molecule has 1 heterocycles. The topological polar surface area (TPSA) is 71.5 Å². The number of nitrogens with zero attached hydrogens (tertiary/aromatic N) is 1. The number of ether oxygens (including phenoxy) is 1. The van der Waals surface area contributed by atoms with Crippen LogP contribution in [0.2, 0.25) is 0 Å². The van der Waals surface area contributed by atoms with Crippen molar-refractivity contribution in [1.82, 2.24) is 4.98 Å². The minimum Gasteiger partial charge on any atom is -0.494 e. The first-order valence-electron chi connectivity index (χ1n) is 6.58. The van der Waals surface area contributed by atoms with Crippen molar-refractivity contribution in [3.8, 4) is 5.75 Å². The first-order chi connectivity index (χ1) is 10.0. The number of nitrogens with one attached hydrogen (secondary N) is 1. The first-order valence-corrected chi connectivity index (χ1v) is 6.58. The second-order valence-electron chi connectivity index (χ2n) is 4.94. The molecule has 110 valence electrons. The molecule has 1 aromatic carbocycles. The lowest BCUT2D eigenvalue weighted by Gasteiger charge is -2.23. The number of anilines is 1. The SMILES string of the molecule is COc1ccncc1NC(=O)CC(C)(O)c1ccccc1. The van der Waals surface area contributed by atoms with Crippen molar-refractivity contribution < 1.29 is 14.6 Å². The normalized spacial score (nSPS) is 13.3. The molecule has 0 saturated heterocycles. The average molecular weight is 286 g/mol. The summed E-state index contributed by atoms with van der Waals surface area (Å²) in [5.41, 5.74) is -0.0620. The smallest absolute Gasteiger partial charge is 0.227 e.